The molecule has 0 atom stereocenters. The molecule has 7 heteroatoms. The van der Waals surface area contributed by atoms with E-state index in [1.54, 1.807) is 30.3 Å². The average molecular weight is 363 g/mol. The Morgan fingerprint density at radius 2 is 1.91 bits per heavy atom. The van der Waals surface area contributed by atoms with E-state index in [1.165, 1.54) is 24.3 Å². The summed E-state index contributed by atoms with van der Waals surface area (Å²) in [6.45, 7) is 0. The lowest BCUT2D eigenvalue weighted by atomic mass is 10.2. The minimum absolute atomic E-state index is 0.0822. The molecule has 22 heavy (non-hydrogen) atoms. The first-order valence-corrected chi connectivity index (χ1v) is 6.94. The van der Waals surface area contributed by atoms with Gasteiger partial charge in [0.2, 0.25) is 0 Å². The van der Waals surface area contributed by atoms with E-state index in [4.69, 9.17) is 10.5 Å². The second kappa shape index (κ2) is 6.86. The summed E-state index contributed by atoms with van der Waals surface area (Å²) in [4.78, 5) is 21.7. The average Bonchev–Trinajstić information content (AvgIpc) is 2.49. The number of carbonyl (C=O) groups is 1. The number of nitrogens with two attached hydrogens (primary N) is 1. The minimum Gasteiger partial charge on any atom is -0.452 e. The summed E-state index contributed by atoms with van der Waals surface area (Å²) in [6, 6.07) is 12.6. The number of nitro groups is 1. The van der Waals surface area contributed by atoms with Crippen LogP contribution in [0.1, 0.15) is 5.56 Å². The predicted molar refractivity (Wildman–Crippen MR) is 85.0 cm³/mol. The van der Waals surface area contributed by atoms with Crippen molar-refractivity contribution in [2.45, 2.75) is 0 Å². The number of hydrogen-bond donors (Lipinski definition) is 1. The highest BCUT2D eigenvalue weighted by Gasteiger charge is 2.10. The molecule has 2 rings (SSSR count). The van der Waals surface area contributed by atoms with E-state index in [1.807, 2.05) is 0 Å². The number of nitrogens with zero attached hydrogens (tertiary/aromatic N) is 1. The highest BCUT2D eigenvalue weighted by atomic mass is 79.9. The predicted octanol–water partition coefficient (Wildman–Crippen LogP) is 3.26. The molecule has 0 fully saturated rings. The number of amides is 1. The van der Waals surface area contributed by atoms with Crippen molar-refractivity contribution < 1.29 is 14.5 Å². The summed E-state index contributed by atoms with van der Waals surface area (Å²) < 4.78 is 6.30. The molecular formula is C15H11BrN2O4. The van der Waals surface area contributed by atoms with Crippen LogP contribution in [0.5, 0.6) is 5.75 Å². The lowest BCUT2D eigenvalue weighted by Crippen LogP contribution is -2.18. The Balaban J connectivity index is 2.31. The normalized spacial score (nSPS) is 11.0. The summed E-state index contributed by atoms with van der Waals surface area (Å²) in [5.41, 5.74) is 5.65. The van der Waals surface area contributed by atoms with Crippen LogP contribution in [0.15, 0.2) is 58.8 Å². The molecule has 0 aliphatic rings. The zero-order valence-corrected chi connectivity index (χ0v) is 12.8. The number of non-ortho nitro benzene ring substituents is 1. The quantitative estimate of drug-likeness (QED) is 0.382. The van der Waals surface area contributed by atoms with E-state index in [9.17, 15) is 14.9 Å². The molecule has 0 aromatic heterocycles. The minimum atomic E-state index is -0.769. The van der Waals surface area contributed by atoms with E-state index in [2.05, 4.69) is 15.9 Å². The number of rotatable bonds is 5. The number of carbonyl (C=O) groups excluding carboxylic acids is 1. The van der Waals surface area contributed by atoms with Gasteiger partial charge >= 0.3 is 0 Å². The van der Waals surface area contributed by atoms with Crippen LogP contribution in [0.25, 0.3) is 6.08 Å². The van der Waals surface area contributed by atoms with Crippen molar-refractivity contribution in [3.05, 3.63) is 74.4 Å². The van der Waals surface area contributed by atoms with Gasteiger partial charge in [0.1, 0.15) is 5.75 Å². The first-order valence-electron chi connectivity index (χ1n) is 6.15. The van der Waals surface area contributed by atoms with Gasteiger partial charge in [0, 0.05) is 16.6 Å². The summed E-state index contributed by atoms with van der Waals surface area (Å²) in [5.74, 6) is -0.448. The summed E-state index contributed by atoms with van der Waals surface area (Å²) >= 11 is 3.29. The van der Waals surface area contributed by atoms with Gasteiger partial charge in [-0.2, -0.15) is 0 Å². The van der Waals surface area contributed by atoms with Crippen molar-refractivity contribution in [1.82, 2.24) is 0 Å². The standard InChI is InChI=1S/C15H11BrN2O4/c16-11-4-6-13(7-5-11)22-14(15(17)19)9-10-2-1-3-12(8-10)18(20)21/h1-9H,(H2,17,19)/b14-9-. The third kappa shape index (κ3) is 4.16. The fourth-order valence-electron chi connectivity index (χ4n) is 1.66. The highest BCUT2D eigenvalue weighted by Crippen LogP contribution is 2.20. The van der Waals surface area contributed by atoms with E-state index < -0.39 is 10.8 Å². The highest BCUT2D eigenvalue weighted by molar-refractivity contribution is 9.10. The van der Waals surface area contributed by atoms with Gasteiger partial charge in [-0.1, -0.05) is 28.1 Å². The van der Waals surface area contributed by atoms with Crippen molar-refractivity contribution in [1.29, 1.82) is 0 Å². The molecule has 2 N–H and O–H groups in total. The van der Waals surface area contributed by atoms with Gasteiger partial charge in [-0.3, -0.25) is 14.9 Å². The molecule has 0 aliphatic heterocycles. The number of benzene rings is 2. The van der Waals surface area contributed by atoms with E-state index in [0.29, 0.717) is 11.3 Å². The van der Waals surface area contributed by atoms with Gasteiger partial charge in [0.25, 0.3) is 11.6 Å². The number of primary amides is 1. The smallest absolute Gasteiger partial charge is 0.284 e. The molecule has 2 aromatic rings. The van der Waals surface area contributed by atoms with Crippen LogP contribution < -0.4 is 10.5 Å². The van der Waals surface area contributed by atoms with Gasteiger partial charge in [-0.15, -0.1) is 0 Å². The van der Waals surface area contributed by atoms with E-state index >= 15 is 0 Å². The Bertz CT molecular complexity index is 741. The Kier molecular flexibility index (Phi) is 4.90. The Labute approximate surface area is 134 Å². The van der Waals surface area contributed by atoms with Crippen molar-refractivity contribution >= 4 is 33.6 Å². The molecule has 6 nitrogen and oxygen atoms in total. The maximum atomic E-state index is 11.5. The molecule has 0 unspecified atom stereocenters. The fraction of sp³-hybridized carbons (Fsp3) is 0. The summed E-state index contributed by atoms with van der Waals surface area (Å²) in [5, 5.41) is 10.8. The molecule has 0 aliphatic carbocycles. The topological polar surface area (TPSA) is 95.5 Å². The Morgan fingerprint density at radius 1 is 1.23 bits per heavy atom. The monoisotopic (exact) mass is 362 g/mol. The van der Waals surface area contributed by atoms with Gasteiger partial charge in [-0.05, 0) is 35.9 Å². The lowest BCUT2D eigenvalue weighted by molar-refractivity contribution is -0.384. The number of hydrogen-bond acceptors (Lipinski definition) is 4. The van der Waals surface area contributed by atoms with Crippen LogP contribution in [0, 0.1) is 10.1 Å². The molecule has 112 valence electrons. The van der Waals surface area contributed by atoms with Crippen molar-refractivity contribution in [2.24, 2.45) is 5.73 Å². The molecule has 2 aromatic carbocycles. The maximum Gasteiger partial charge on any atom is 0.284 e. The van der Waals surface area contributed by atoms with Crippen molar-refractivity contribution in [3.63, 3.8) is 0 Å². The van der Waals surface area contributed by atoms with Gasteiger partial charge in [0.15, 0.2) is 5.76 Å². The van der Waals surface area contributed by atoms with E-state index in [-0.39, 0.29) is 11.4 Å². The van der Waals surface area contributed by atoms with Crippen LogP contribution in [0.3, 0.4) is 0 Å². The number of nitro benzene ring substituents is 1. The van der Waals surface area contributed by atoms with Crippen LogP contribution >= 0.6 is 15.9 Å². The Hall–Kier alpha value is -2.67. The van der Waals surface area contributed by atoms with Gasteiger partial charge in [-0.25, -0.2) is 0 Å². The third-order valence-corrected chi connectivity index (χ3v) is 3.19. The van der Waals surface area contributed by atoms with Gasteiger partial charge in [0.05, 0.1) is 4.92 Å². The summed E-state index contributed by atoms with van der Waals surface area (Å²) in [6.07, 6.45) is 1.36. The molecule has 0 saturated heterocycles. The van der Waals surface area contributed by atoms with Gasteiger partial charge < -0.3 is 10.5 Å². The zero-order chi connectivity index (χ0) is 16.1. The second-order valence-electron chi connectivity index (χ2n) is 4.28. The SMILES string of the molecule is NC(=O)/C(=C/c1cccc([N+](=O)[O-])c1)Oc1ccc(Br)cc1. The molecule has 0 radical (unpaired) electrons. The third-order valence-electron chi connectivity index (χ3n) is 2.66. The molecule has 0 saturated carbocycles. The maximum absolute atomic E-state index is 11.5. The van der Waals surface area contributed by atoms with Crippen LogP contribution in [0.4, 0.5) is 5.69 Å². The van der Waals surface area contributed by atoms with Crippen molar-refractivity contribution in [3.8, 4) is 5.75 Å². The molecule has 1 amide bonds. The number of halogens is 1. The lowest BCUT2D eigenvalue weighted by Gasteiger charge is -2.07. The van der Waals surface area contributed by atoms with E-state index in [0.717, 1.165) is 4.47 Å². The Morgan fingerprint density at radius 3 is 2.50 bits per heavy atom. The van der Waals surface area contributed by atoms with Crippen LogP contribution in [-0.4, -0.2) is 10.8 Å². The molecule has 0 bridgehead atoms. The van der Waals surface area contributed by atoms with Crippen molar-refractivity contribution in [2.75, 3.05) is 0 Å². The summed E-state index contributed by atoms with van der Waals surface area (Å²) in [7, 11) is 0. The largest absolute Gasteiger partial charge is 0.452 e. The first kappa shape index (κ1) is 15.7. The van der Waals surface area contributed by atoms with Crippen LogP contribution in [0.2, 0.25) is 0 Å². The molecule has 0 spiro atoms. The zero-order valence-electron chi connectivity index (χ0n) is 11.2. The first-order chi connectivity index (χ1) is 10.5. The number of ether oxygens (including phenoxy) is 1. The fourth-order valence-corrected chi connectivity index (χ4v) is 1.92. The second-order valence-corrected chi connectivity index (χ2v) is 5.20. The molecular weight excluding hydrogens is 352 g/mol. The molecule has 0 heterocycles. The van der Waals surface area contributed by atoms with Crippen LogP contribution in [-0.2, 0) is 4.79 Å².